The minimum absolute atomic E-state index is 0.117. The SMILES string of the molecule is CCc1cnc(C(C)NS(=O)(=O)c2ccccc2NN)s1. The molecule has 1 atom stereocenters. The minimum atomic E-state index is -3.67. The molecule has 0 saturated heterocycles. The van der Waals surface area contributed by atoms with Crippen molar-refractivity contribution in [3.63, 3.8) is 0 Å². The Morgan fingerprint density at radius 2 is 2.10 bits per heavy atom. The highest BCUT2D eigenvalue weighted by Gasteiger charge is 2.22. The van der Waals surface area contributed by atoms with Crippen molar-refractivity contribution in [3.8, 4) is 0 Å². The van der Waals surface area contributed by atoms with Gasteiger partial charge in [-0.15, -0.1) is 11.3 Å². The van der Waals surface area contributed by atoms with Crippen LogP contribution in [0.2, 0.25) is 0 Å². The van der Waals surface area contributed by atoms with E-state index in [1.807, 2.05) is 6.92 Å². The Morgan fingerprint density at radius 1 is 1.38 bits per heavy atom. The Bertz CT molecular complexity index is 712. The van der Waals surface area contributed by atoms with Gasteiger partial charge in [0.15, 0.2) is 0 Å². The topological polar surface area (TPSA) is 97.1 Å². The molecule has 2 aromatic rings. The normalized spacial score (nSPS) is 13.1. The first-order valence-corrected chi connectivity index (χ1v) is 8.80. The minimum Gasteiger partial charge on any atom is -0.323 e. The van der Waals surface area contributed by atoms with Gasteiger partial charge in [0.2, 0.25) is 10.0 Å². The number of hydrazine groups is 1. The number of anilines is 1. The molecule has 0 radical (unpaired) electrons. The number of aromatic nitrogens is 1. The van der Waals surface area contributed by atoms with Crippen LogP contribution in [0, 0.1) is 0 Å². The van der Waals surface area contributed by atoms with E-state index >= 15 is 0 Å². The van der Waals surface area contributed by atoms with Crippen LogP contribution in [0.5, 0.6) is 0 Å². The average Bonchev–Trinajstić information content (AvgIpc) is 2.96. The summed E-state index contributed by atoms with van der Waals surface area (Å²) in [5.41, 5.74) is 2.75. The molecule has 0 aliphatic carbocycles. The molecule has 2 rings (SSSR count). The third-order valence-corrected chi connectivity index (χ3v) is 5.88. The quantitative estimate of drug-likeness (QED) is 0.557. The lowest BCUT2D eigenvalue weighted by Gasteiger charge is -2.14. The second-order valence-corrected chi connectivity index (χ2v) is 7.33. The molecule has 0 aliphatic rings. The Hall–Kier alpha value is -1.48. The number of hydrogen-bond acceptors (Lipinski definition) is 6. The number of nitrogens with two attached hydrogens (primary N) is 1. The van der Waals surface area contributed by atoms with Crippen LogP contribution in [0.1, 0.15) is 29.8 Å². The van der Waals surface area contributed by atoms with Gasteiger partial charge in [0.05, 0.1) is 11.7 Å². The van der Waals surface area contributed by atoms with Crippen molar-refractivity contribution in [2.75, 3.05) is 5.43 Å². The number of thiazole rings is 1. The maximum Gasteiger partial charge on any atom is 0.243 e. The van der Waals surface area contributed by atoms with Gasteiger partial charge >= 0.3 is 0 Å². The van der Waals surface area contributed by atoms with Crippen LogP contribution >= 0.6 is 11.3 Å². The number of nitrogens with one attached hydrogen (secondary N) is 2. The van der Waals surface area contributed by atoms with E-state index in [0.717, 1.165) is 16.3 Å². The Balaban J connectivity index is 2.24. The predicted octanol–water partition coefficient (Wildman–Crippen LogP) is 2.03. The molecule has 0 aliphatic heterocycles. The number of rotatable bonds is 6. The maximum absolute atomic E-state index is 12.4. The zero-order valence-electron chi connectivity index (χ0n) is 11.8. The average molecular weight is 326 g/mol. The summed E-state index contributed by atoms with van der Waals surface area (Å²) in [4.78, 5) is 5.50. The first kappa shape index (κ1) is 15.9. The molecule has 1 aromatic heterocycles. The molecule has 1 heterocycles. The summed E-state index contributed by atoms with van der Waals surface area (Å²) in [7, 11) is -3.67. The summed E-state index contributed by atoms with van der Waals surface area (Å²) in [6, 6.07) is 6.08. The predicted molar refractivity (Wildman–Crippen MR) is 84.5 cm³/mol. The van der Waals surface area contributed by atoms with Crippen molar-refractivity contribution in [3.05, 3.63) is 40.3 Å². The largest absolute Gasteiger partial charge is 0.323 e. The molecule has 114 valence electrons. The lowest BCUT2D eigenvalue weighted by atomic mass is 10.3. The van der Waals surface area contributed by atoms with Crippen molar-refractivity contribution in [1.29, 1.82) is 0 Å². The van der Waals surface area contributed by atoms with Crippen molar-refractivity contribution in [1.82, 2.24) is 9.71 Å². The van der Waals surface area contributed by atoms with E-state index in [0.29, 0.717) is 5.69 Å². The van der Waals surface area contributed by atoms with E-state index in [-0.39, 0.29) is 4.90 Å². The summed E-state index contributed by atoms with van der Waals surface area (Å²) in [5.74, 6) is 5.36. The lowest BCUT2D eigenvalue weighted by molar-refractivity contribution is 0.566. The van der Waals surface area contributed by atoms with Crippen LogP contribution in [-0.2, 0) is 16.4 Å². The molecule has 1 unspecified atom stereocenters. The molecule has 6 nitrogen and oxygen atoms in total. The fourth-order valence-corrected chi connectivity index (χ4v) is 4.17. The van der Waals surface area contributed by atoms with E-state index in [1.165, 1.54) is 17.4 Å². The molecule has 0 bridgehead atoms. The number of benzene rings is 1. The van der Waals surface area contributed by atoms with Gasteiger partial charge in [-0.3, -0.25) is 5.84 Å². The lowest BCUT2D eigenvalue weighted by Crippen LogP contribution is -2.28. The zero-order chi connectivity index (χ0) is 15.5. The van der Waals surface area contributed by atoms with Crippen molar-refractivity contribution in [2.24, 2.45) is 5.84 Å². The molecule has 1 aromatic carbocycles. The summed E-state index contributed by atoms with van der Waals surface area (Å²) in [5, 5.41) is 0.744. The number of para-hydroxylation sites is 1. The number of sulfonamides is 1. The van der Waals surface area contributed by atoms with Crippen molar-refractivity contribution >= 4 is 27.0 Å². The zero-order valence-corrected chi connectivity index (χ0v) is 13.5. The van der Waals surface area contributed by atoms with Crippen molar-refractivity contribution < 1.29 is 8.42 Å². The number of aryl methyl sites for hydroxylation is 1. The fraction of sp³-hybridized carbons (Fsp3) is 0.308. The Kier molecular flexibility index (Phi) is 4.94. The Labute approximate surface area is 128 Å². The van der Waals surface area contributed by atoms with E-state index in [1.54, 1.807) is 31.3 Å². The number of nitrogens with zero attached hydrogens (tertiary/aromatic N) is 1. The van der Waals surface area contributed by atoms with Crippen LogP contribution in [0.4, 0.5) is 5.69 Å². The summed E-state index contributed by atoms with van der Waals surface area (Å²) in [6.07, 6.45) is 2.66. The van der Waals surface area contributed by atoms with Gasteiger partial charge in [-0.1, -0.05) is 19.1 Å². The second kappa shape index (κ2) is 6.52. The standard InChI is InChI=1S/C13H18N4O2S2/c1-3-10-8-15-13(20-10)9(2)17-21(18,19)12-7-5-4-6-11(12)16-14/h4-9,16-17H,3,14H2,1-2H3. The molecular weight excluding hydrogens is 308 g/mol. The van der Waals surface area contributed by atoms with Gasteiger partial charge < -0.3 is 5.43 Å². The highest BCUT2D eigenvalue weighted by atomic mass is 32.2. The molecule has 0 spiro atoms. The summed E-state index contributed by atoms with van der Waals surface area (Å²) >= 11 is 1.51. The van der Waals surface area contributed by atoms with Gasteiger partial charge in [0.25, 0.3) is 0 Å². The van der Waals surface area contributed by atoms with E-state index < -0.39 is 16.1 Å². The molecule has 0 amide bonds. The van der Waals surface area contributed by atoms with Crippen molar-refractivity contribution in [2.45, 2.75) is 31.2 Å². The molecular formula is C13H18N4O2S2. The third kappa shape index (κ3) is 3.59. The highest BCUT2D eigenvalue weighted by Crippen LogP contribution is 2.24. The summed E-state index contributed by atoms with van der Waals surface area (Å²) < 4.78 is 27.5. The number of hydrogen-bond donors (Lipinski definition) is 3. The molecule has 21 heavy (non-hydrogen) atoms. The highest BCUT2D eigenvalue weighted by molar-refractivity contribution is 7.89. The Morgan fingerprint density at radius 3 is 2.71 bits per heavy atom. The van der Waals surface area contributed by atoms with Gasteiger partial charge in [-0.2, -0.15) is 0 Å². The van der Waals surface area contributed by atoms with E-state index in [4.69, 9.17) is 5.84 Å². The summed E-state index contributed by atoms with van der Waals surface area (Å²) in [6.45, 7) is 3.81. The van der Waals surface area contributed by atoms with Crippen LogP contribution in [-0.4, -0.2) is 13.4 Å². The van der Waals surface area contributed by atoms with Crippen LogP contribution in [0.3, 0.4) is 0 Å². The van der Waals surface area contributed by atoms with Gasteiger partial charge in [0, 0.05) is 11.1 Å². The van der Waals surface area contributed by atoms with E-state index in [2.05, 4.69) is 15.1 Å². The molecule has 0 fully saturated rings. The van der Waals surface area contributed by atoms with Crippen LogP contribution < -0.4 is 16.0 Å². The first-order chi connectivity index (χ1) is 9.97. The van der Waals surface area contributed by atoms with E-state index in [9.17, 15) is 8.42 Å². The monoisotopic (exact) mass is 326 g/mol. The van der Waals surface area contributed by atoms with Crippen LogP contribution in [0.25, 0.3) is 0 Å². The van der Waals surface area contributed by atoms with Crippen LogP contribution in [0.15, 0.2) is 35.4 Å². The fourth-order valence-electron chi connectivity index (χ4n) is 1.85. The maximum atomic E-state index is 12.4. The first-order valence-electron chi connectivity index (χ1n) is 6.50. The van der Waals surface area contributed by atoms with Gasteiger partial charge in [-0.25, -0.2) is 18.1 Å². The number of nitrogen functional groups attached to an aromatic ring is 1. The molecule has 0 saturated carbocycles. The second-order valence-electron chi connectivity index (χ2n) is 4.50. The van der Waals surface area contributed by atoms with Gasteiger partial charge in [0.1, 0.15) is 9.90 Å². The molecule has 4 N–H and O–H groups in total. The molecule has 8 heteroatoms. The smallest absolute Gasteiger partial charge is 0.243 e. The third-order valence-electron chi connectivity index (χ3n) is 2.95. The van der Waals surface area contributed by atoms with Gasteiger partial charge in [-0.05, 0) is 25.5 Å².